The van der Waals surface area contributed by atoms with E-state index in [1.165, 1.54) is 10.6 Å². The zero-order valence-electron chi connectivity index (χ0n) is 9.93. The highest BCUT2D eigenvalue weighted by atomic mass is 16.2. The van der Waals surface area contributed by atoms with Crippen molar-refractivity contribution in [3.63, 3.8) is 0 Å². The third-order valence-corrected chi connectivity index (χ3v) is 3.26. The van der Waals surface area contributed by atoms with Gasteiger partial charge in [-0.05, 0) is 24.9 Å². The van der Waals surface area contributed by atoms with Crippen LogP contribution in [0, 0.1) is 5.92 Å². The lowest BCUT2D eigenvalue weighted by atomic mass is 10.1. The smallest absolute Gasteiger partial charge is 0.254 e. The van der Waals surface area contributed by atoms with Crippen molar-refractivity contribution in [2.75, 3.05) is 19.6 Å². The van der Waals surface area contributed by atoms with Crippen molar-refractivity contribution in [3.8, 4) is 0 Å². The van der Waals surface area contributed by atoms with Gasteiger partial charge in [-0.2, -0.15) is 0 Å². The monoisotopic (exact) mass is 235 g/mol. The maximum Gasteiger partial charge on any atom is 0.254 e. The molecule has 1 aromatic heterocycles. The van der Waals surface area contributed by atoms with Crippen LogP contribution in [-0.2, 0) is 7.05 Å². The third-order valence-electron chi connectivity index (χ3n) is 3.26. The number of hydrogen-bond acceptors (Lipinski definition) is 3. The van der Waals surface area contributed by atoms with Gasteiger partial charge in [0.05, 0.1) is 0 Å². The van der Waals surface area contributed by atoms with Gasteiger partial charge in [0, 0.05) is 38.0 Å². The number of rotatable bonds is 2. The number of likely N-dealkylation sites (tertiary alicyclic amines) is 1. The molecule has 1 fully saturated rings. The number of nitrogens with zero attached hydrogens (tertiary/aromatic N) is 2. The summed E-state index contributed by atoms with van der Waals surface area (Å²) in [6, 6.07) is 3.07. The zero-order valence-corrected chi connectivity index (χ0v) is 9.93. The molecule has 1 atom stereocenters. The van der Waals surface area contributed by atoms with Gasteiger partial charge in [0.1, 0.15) is 0 Å². The Kier molecular flexibility index (Phi) is 3.28. The summed E-state index contributed by atoms with van der Waals surface area (Å²) in [6.07, 6.45) is 2.57. The van der Waals surface area contributed by atoms with Crippen molar-refractivity contribution in [1.29, 1.82) is 0 Å². The Bertz CT molecular complexity index is 481. The van der Waals surface area contributed by atoms with Gasteiger partial charge in [-0.1, -0.05) is 0 Å². The van der Waals surface area contributed by atoms with Crippen LogP contribution in [0.3, 0.4) is 0 Å². The first-order valence-corrected chi connectivity index (χ1v) is 5.78. The minimum atomic E-state index is -0.162. The highest BCUT2D eigenvalue weighted by Gasteiger charge is 2.26. The molecule has 0 bridgehead atoms. The molecule has 2 rings (SSSR count). The molecule has 5 heteroatoms. The molecule has 1 aliphatic rings. The van der Waals surface area contributed by atoms with Gasteiger partial charge in [-0.25, -0.2) is 0 Å². The van der Waals surface area contributed by atoms with Crippen LogP contribution in [0.25, 0.3) is 0 Å². The second-order valence-corrected chi connectivity index (χ2v) is 4.51. The van der Waals surface area contributed by atoms with E-state index in [1.54, 1.807) is 24.2 Å². The number of aromatic nitrogens is 1. The molecule has 92 valence electrons. The number of nitrogens with two attached hydrogens (primary N) is 1. The summed E-state index contributed by atoms with van der Waals surface area (Å²) in [4.78, 5) is 25.3. The number of aryl methyl sites for hydroxylation is 1. The van der Waals surface area contributed by atoms with Crippen molar-refractivity contribution in [3.05, 3.63) is 34.2 Å². The van der Waals surface area contributed by atoms with Gasteiger partial charge in [-0.15, -0.1) is 0 Å². The van der Waals surface area contributed by atoms with E-state index in [9.17, 15) is 9.59 Å². The molecule has 17 heavy (non-hydrogen) atoms. The van der Waals surface area contributed by atoms with E-state index in [2.05, 4.69) is 0 Å². The predicted molar refractivity (Wildman–Crippen MR) is 64.7 cm³/mol. The van der Waals surface area contributed by atoms with E-state index in [1.807, 2.05) is 0 Å². The Balaban J connectivity index is 2.15. The van der Waals surface area contributed by atoms with Crippen LogP contribution < -0.4 is 11.3 Å². The second kappa shape index (κ2) is 4.71. The number of pyridine rings is 1. The van der Waals surface area contributed by atoms with Gasteiger partial charge in [0.25, 0.3) is 11.5 Å². The van der Waals surface area contributed by atoms with Gasteiger partial charge in [-0.3, -0.25) is 9.59 Å². The SMILES string of the molecule is Cn1ccc(C(=O)N2CCC(CN)C2)cc1=O. The molecule has 2 N–H and O–H groups in total. The maximum absolute atomic E-state index is 12.1. The van der Waals surface area contributed by atoms with Gasteiger partial charge in [0.15, 0.2) is 0 Å². The van der Waals surface area contributed by atoms with Crippen molar-refractivity contribution in [1.82, 2.24) is 9.47 Å². The molecule has 0 saturated carbocycles. The Hall–Kier alpha value is -1.62. The van der Waals surface area contributed by atoms with E-state index in [-0.39, 0.29) is 11.5 Å². The Morgan fingerprint density at radius 2 is 2.35 bits per heavy atom. The normalized spacial score (nSPS) is 19.6. The summed E-state index contributed by atoms with van der Waals surface area (Å²) in [6.45, 7) is 2.04. The average molecular weight is 235 g/mol. The maximum atomic E-state index is 12.1. The topological polar surface area (TPSA) is 68.3 Å². The van der Waals surface area contributed by atoms with E-state index in [0.29, 0.717) is 24.6 Å². The first-order chi connectivity index (χ1) is 8.11. The van der Waals surface area contributed by atoms with Crippen LogP contribution in [0.1, 0.15) is 16.8 Å². The minimum absolute atomic E-state index is 0.0707. The summed E-state index contributed by atoms with van der Waals surface area (Å²) in [5, 5.41) is 0. The van der Waals surface area contributed by atoms with Crippen LogP contribution in [0.4, 0.5) is 0 Å². The molecule has 1 aliphatic heterocycles. The molecule has 1 saturated heterocycles. The zero-order chi connectivity index (χ0) is 12.4. The molecule has 0 aliphatic carbocycles. The predicted octanol–water partition coefficient (Wildman–Crippen LogP) is -0.194. The van der Waals surface area contributed by atoms with E-state index < -0.39 is 0 Å². The standard InChI is InChI=1S/C12H17N3O2/c1-14-4-3-10(6-11(14)16)12(17)15-5-2-9(7-13)8-15/h3-4,6,9H,2,5,7-8,13H2,1H3. The van der Waals surface area contributed by atoms with Gasteiger partial charge < -0.3 is 15.2 Å². The molecular weight excluding hydrogens is 218 g/mol. The van der Waals surface area contributed by atoms with Crippen LogP contribution in [-0.4, -0.2) is 35.0 Å². The summed E-state index contributed by atoms with van der Waals surface area (Å²) < 4.78 is 1.45. The highest BCUT2D eigenvalue weighted by molar-refractivity contribution is 5.94. The van der Waals surface area contributed by atoms with E-state index >= 15 is 0 Å². The van der Waals surface area contributed by atoms with Crippen molar-refractivity contribution in [2.24, 2.45) is 18.7 Å². The lowest BCUT2D eigenvalue weighted by Crippen LogP contribution is -2.31. The molecule has 2 heterocycles. The molecule has 1 amide bonds. The molecule has 0 spiro atoms. The van der Waals surface area contributed by atoms with Gasteiger partial charge in [0.2, 0.25) is 0 Å². The van der Waals surface area contributed by atoms with Crippen molar-refractivity contribution < 1.29 is 4.79 Å². The summed E-state index contributed by atoms with van der Waals surface area (Å²) in [5.74, 6) is 0.323. The highest BCUT2D eigenvalue weighted by Crippen LogP contribution is 2.17. The number of hydrogen-bond donors (Lipinski definition) is 1. The lowest BCUT2D eigenvalue weighted by Gasteiger charge is -2.16. The Morgan fingerprint density at radius 1 is 1.59 bits per heavy atom. The fourth-order valence-electron chi connectivity index (χ4n) is 2.07. The molecule has 1 aromatic rings. The summed E-state index contributed by atoms with van der Waals surface area (Å²) in [5.41, 5.74) is 5.89. The van der Waals surface area contributed by atoms with E-state index in [4.69, 9.17) is 5.73 Å². The van der Waals surface area contributed by atoms with E-state index in [0.717, 1.165) is 13.0 Å². The molecule has 0 radical (unpaired) electrons. The molecular formula is C12H17N3O2. The minimum Gasteiger partial charge on any atom is -0.338 e. The van der Waals surface area contributed by atoms with Crippen LogP contribution in [0.5, 0.6) is 0 Å². The number of carbonyl (C=O) groups is 1. The molecule has 1 unspecified atom stereocenters. The summed E-state index contributed by atoms with van der Waals surface area (Å²) in [7, 11) is 1.66. The average Bonchev–Trinajstić information content (AvgIpc) is 2.80. The number of carbonyl (C=O) groups excluding carboxylic acids is 1. The quantitative estimate of drug-likeness (QED) is 0.772. The third kappa shape index (κ3) is 2.39. The fraction of sp³-hybridized carbons (Fsp3) is 0.500. The Morgan fingerprint density at radius 3 is 2.94 bits per heavy atom. The molecule has 0 aromatic carbocycles. The van der Waals surface area contributed by atoms with Crippen LogP contribution >= 0.6 is 0 Å². The second-order valence-electron chi connectivity index (χ2n) is 4.51. The van der Waals surface area contributed by atoms with Crippen LogP contribution in [0.15, 0.2) is 23.1 Å². The first kappa shape index (κ1) is 11.9. The fourth-order valence-corrected chi connectivity index (χ4v) is 2.07. The van der Waals surface area contributed by atoms with Crippen molar-refractivity contribution in [2.45, 2.75) is 6.42 Å². The Labute approximate surface area is 99.8 Å². The first-order valence-electron chi connectivity index (χ1n) is 5.78. The number of amides is 1. The summed E-state index contributed by atoms with van der Waals surface area (Å²) >= 11 is 0. The van der Waals surface area contributed by atoms with Crippen molar-refractivity contribution >= 4 is 5.91 Å². The molecule has 5 nitrogen and oxygen atoms in total. The lowest BCUT2D eigenvalue weighted by molar-refractivity contribution is 0.0787. The van der Waals surface area contributed by atoms with Gasteiger partial charge >= 0.3 is 0 Å². The largest absolute Gasteiger partial charge is 0.338 e. The van der Waals surface area contributed by atoms with Crippen LogP contribution in [0.2, 0.25) is 0 Å².